The van der Waals surface area contributed by atoms with Crippen molar-refractivity contribution in [1.82, 2.24) is 10.6 Å². The minimum Gasteiger partial charge on any atom is -0.495 e. The topological polar surface area (TPSA) is 79.5 Å². The zero-order valence-corrected chi connectivity index (χ0v) is 13.3. The minimum atomic E-state index is -0.468. The van der Waals surface area contributed by atoms with Gasteiger partial charge in [0.25, 0.3) is 0 Å². The lowest BCUT2D eigenvalue weighted by atomic mass is 9.87. The fraction of sp³-hybridized carbons (Fsp3) is 0.529. The predicted octanol–water partition coefficient (Wildman–Crippen LogP) is 1.42. The molecule has 0 bridgehead atoms. The third-order valence-corrected chi connectivity index (χ3v) is 4.60. The van der Waals surface area contributed by atoms with Crippen molar-refractivity contribution < 1.29 is 14.3 Å². The summed E-state index contributed by atoms with van der Waals surface area (Å²) in [7, 11) is 1.56. The average molecular weight is 317 g/mol. The summed E-state index contributed by atoms with van der Waals surface area (Å²) in [5.74, 6) is 0.328. The second kappa shape index (κ2) is 7.00. The van der Waals surface area contributed by atoms with Crippen LogP contribution in [0.4, 0.5) is 5.69 Å². The maximum absolute atomic E-state index is 12.3. The van der Waals surface area contributed by atoms with E-state index in [9.17, 15) is 9.59 Å². The lowest BCUT2D eigenvalue weighted by Gasteiger charge is -2.40. The predicted molar refractivity (Wildman–Crippen MR) is 87.4 cm³/mol. The Hall–Kier alpha value is -2.08. The van der Waals surface area contributed by atoms with Gasteiger partial charge in [0.05, 0.1) is 25.3 Å². The number of nitrogens with one attached hydrogen (secondary N) is 3. The molecule has 1 saturated carbocycles. The minimum absolute atomic E-state index is 0.0803. The Kier molecular flexibility index (Phi) is 4.81. The molecule has 1 saturated heterocycles. The van der Waals surface area contributed by atoms with Crippen LogP contribution in [0, 0.1) is 0 Å². The normalized spacial score (nSPS) is 26.8. The molecule has 0 spiro atoms. The molecule has 2 fully saturated rings. The molecule has 1 aromatic carbocycles. The summed E-state index contributed by atoms with van der Waals surface area (Å²) < 4.78 is 5.22. The molecule has 0 unspecified atom stereocenters. The molecule has 2 amide bonds. The Bertz CT molecular complexity index is 590. The van der Waals surface area contributed by atoms with Crippen molar-refractivity contribution in [1.29, 1.82) is 0 Å². The number of hydrogen-bond donors (Lipinski definition) is 3. The average Bonchev–Trinajstić information content (AvgIpc) is 2.56. The number of amides is 2. The third-order valence-electron chi connectivity index (χ3n) is 4.60. The first-order chi connectivity index (χ1) is 11.2. The number of methoxy groups -OCH3 is 1. The standard InChI is InChI=1S/C17H23N3O3/c1-23-15-9-5-4-8-13(15)19-16(21)10-14-17(22)20-12-7-3-2-6-11(12)18-14/h4-5,8-9,11-12,14,18H,2-3,6-7,10H2,1H3,(H,19,21)(H,20,22)/t11-,12-,14-/m0/s1. The summed E-state index contributed by atoms with van der Waals surface area (Å²) in [6.07, 6.45) is 4.51. The monoisotopic (exact) mass is 317 g/mol. The highest BCUT2D eigenvalue weighted by Crippen LogP contribution is 2.24. The first kappa shape index (κ1) is 15.8. The molecule has 23 heavy (non-hydrogen) atoms. The molecule has 0 aromatic heterocycles. The first-order valence-electron chi connectivity index (χ1n) is 8.16. The molecule has 1 aliphatic carbocycles. The zero-order valence-electron chi connectivity index (χ0n) is 13.3. The molecule has 3 N–H and O–H groups in total. The quantitative estimate of drug-likeness (QED) is 0.785. The first-order valence-corrected chi connectivity index (χ1v) is 8.16. The van der Waals surface area contributed by atoms with E-state index in [0.29, 0.717) is 11.4 Å². The number of anilines is 1. The molecule has 1 heterocycles. The molecule has 1 aromatic rings. The van der Waals surface area contributed by atoms with Gasteiger partial charge >= 0.3 is 0 Å². The zero-order chi connectivity index (χ0) is 16.2. The highest BCUT2D eigenvalue weighted by Gasteiger charge is 2.36. The number of ether oxygens (including phenoxy) is 1. The number of benzene rings is 1. The fourth-order valence-corrected chi connectivity index (χ4v) is 3.41. The van der Waals surface area contributed by atoms with Crippen molar-refractivity contribution in [2.75, 3.05) is 12.4 Å². The molecule has 6 heteroatoms. The second-order valence-corrected chi connectivity index (χ2v) is 6.18. The Labute approximate surface area is 136 Å². The van der Waals surface area contributed by atoms with E-state index >= 15 is 0 Å². The van der Waals surface area contributed by atoms with Crippen molar-refractivity contribution in [3.8, 4) is 5.75 Å². The third kappa shape index (κ3) is 3.64. The number of hydrogen-bond acceptors (Lipinski definition) is 4. The summed E-state index contributed by atoms with van der Waals surface area (Å²) in [6.45, 7) is 0. The van der Waals surface area contributed by atoms with Gasteiger partial charge in [-0.2, -0.15) is 0 Å². The van der Waals surface area contributed by atoms with Gasteiger partial charge in [-0.05, 0) is 25.0 Å². The van der Waals surface area contributed by atoms with Crippen LogP contribution in [-0.2, 0) is 9.59 Å². The number of fused-ring (bicyclic) bond motifs is 1. The van der Waals surface area contributed by atoms with E-state index in [-0.39, 0.29) is 30.3 Å². The molecular formula is C17H23N3O3. The molecule has 3 rings (SSSR count). The van der Waals surface area contributed by atoms with Gasteiger partial charge in [0.2, 0.25) is 11.8 Å². The lowest BCUT2D eigenvalue weighted by molar-refractivity contribution is -0.129. The van der Waals surface area contributed by atoms with Gasteiger partial charge in [0.15, 0.2) is 0 Å². The van der Waals surface area contributed by atoms with E-state index in [0.717, 1.165) is 19.3 Å². The Balaban J connectivity index is 1.60. The van der Waals surface area contributed by atoms with E-state index in [1.165, 1.54) is 6.42 Å². The van der Waals surface area contributed by atoms with Crippen LogP contribution < -0.4 is 20.7 Å². The SMILES string of the molecule is COc1ccccc1NC(=O)C[C@@H]1N[C@H]2CCCC[C@@H]2NC1=O. The molecule has 3 atom stereocenters. The summed E-state index contributed by atoms with van der Waals surface area (Å²) in [4.78, 5) is 24.4. The van der Waals surface area contributed by atoms with Gasteiger partial charge < -0.3 is 20.7 Å². The van der Waals surface area contributed by atoms with Gasteiger partial charge in [-0.3, -0.25) is 9.59 Å². The Morgan fingerprint density at radius 1 is 1.26 bits per heavy atom. The van der Waals surface area contributed by atoms with Gasteiger partial charge in [-0.25, -0.2) is 0 Å². The molecule has 6 nitrogen and oxygen atoms in total. The molecule has 2 aliphatic rings. The van der Waals surface area contributed by atoms with Crippen LogP contribution in [0.2, 0.25) is 0 Å². The van der Waals surface area contributed by atoms with Crippen LogP contribution in [0.15, 0.2) is 24.3 Å². The number of piperazine rings is 1. The van der Waals surface area contributed by atoms with Gasteiger partial charge in [-0.15, -0.1) is 0 Å². The summed E-state index contributed by atoms with van der Waals surface area (Å²) in [6, 6.07) is 7.26. The lowest BCUT2D eigenvalue weighted by Crippen LogP contribution is -2.65. The van der Waals surface area contributed by atoms with Crippen molar-refractivity contribution in [2.45, 2.75) is 50.2 Å². The fourth-order valence-electron chi connectivity index (χ4n) is 3.41. The molecule has 1 aliphatic heterocycles. The highest BCUT2D eigenvalue weighted by atomic mass is 16.5. The van der Waals surface area contributed by atoms with Crippen molar-refractivity contribution in [2.24, 2.45) is 0 Å². The van der Waals surface area contributed by atoms with E-state index in [1.807, 2.05) is 12.1 Å². The largest absolute Gasteiger partial charge is 0.495 e. The van der Waals surface area contributed by atoms with Crippen LogP contribution in [0.3, 0.4) is 0 Å². The van der Waals surface area contributed by atoms with E-state index < -0.39 is 6.04 Å². The summed E-state index contributed by atoms with van der Waals surface area (Å²) >= 11 is 0. The van der Waals surface area contributed by atoms with E-state index in [4.69, 9.17) is 4.74 Å². The van der Waals surface area contributed by atoms with Crippen molar-refractivity contribution in [3.05, 3.63) is 24.3 Å². The van der Waals surface area contributed by atoms with Crippen LogP contribution >= 0.6 is 0 Å². The van der Waals surface area contributed by atoms with Gasteiger partial charge in [0.1, 0.15) is 5.75 Å². The number of para-hydroxylation sites is 2. The van der Waals surface area contributed by atoms with Crippen LogP contribution in [0.5, 0.6) is 5.75 Å². The molecular weight excluding hydrogens is 294 g/mol. The van der Waals surface area contributed by atoms with Crippen molar-refractivity contribution >= 4 is 17.5 Å². The van der Waals surface area contributed by atoms with Crippen LogP contribution in [-0.4, -0.2) is 37.0 Å². The van der Waals surface area contributed by atoms with Crippen molar-refractivity contribution in [3.63, 3.8) is 0 Å². The number of carbonyl (C=O) groups is 2. The maximum Gasteiger partial charge on any atom is 0.237 e. The van der Waals surface area contributed by atoms with E-state index in [1.54, 1.807) is 19.2 Å². The van der Waals surface area contributed by atoms with Gasteiger partial charge in [-0.1, -0.05) is 25.0 Å². The number of carbonyl (C=O) groups excluding carboxylic acids is 2. The van der Waals surface area contributed by atoms with Gasteiger partial charge in [0, 0.05) is 12.1 Å². The summed E-state index contributed by atoms with van der Waals surface area (Å²) in [5.41, 5.74) is 0.617. The smallest absolute Gasteiger partial charge is 0.237 e. The van der Waals surface area contributed by atoms with E-state index in [2.05, 4.69) is 16.0 Å². The Morgan fingerprint density at radius 3 is 2.78 bits per heavy atom. The molecule has 0 radical (unpaired) electrons. The molecule has 124 valence electrons. The van der Waals surface area contributed by atoms with Crippen LogP contribution in [0.1, 0.15) is 32.1 Å². The maximum atomic E-state index is 12.3. The highest BCUT2D eigenvalue weighted by molar-refractivity contribution is 5.96. The summed E-state index contributed by atoms with van der Waals surface area (Å²) in [5, 5.41) is 9.22. The number of rotatable bonds is 4. The Morgan fingerprint density at radius 2 is 2.00 bits per heavy atom. The van der Waals surface area contributed by atoms with Crippen LogP contribution in [0.25, 0.3) is 0 Å². The second-order valence-electron chi connectivity index (χ2n) is 6.18.